The molecule has 0 atom stereocenters. The van der Waals surface area contributed by atoms with Gasteiger partial charge < -0.3 is 10.6 Å². The van der Waals surface area contributed by atoms with E-state index in [0.29, 0.717) is 29.7 Å². The Morgan fingerprint density at radius 3 is 2.71 bits per heavy atom. The van der Waals surface area contributed by atoms with Crippen molar-refractivity contribution in [2.75, 3.05) is 18.0 Å². The predicted octanol–water partition coefficient (Wildman–Crippen LogP) is 1.47. The Kier molecular flexibility index (Phi) is 3.26. The van der Waals surface area contributed by atoms with Crippen molar-refractivity contribution in [3.63, 3.8) is 0 Å². The van der Waals surface area contributed by atoms with Crippen LogP contribution in [-0.4, -0.2) is 24.8 Å². The largest absolute Gasteiger partial charge is 0.330 e. The molecule has 1 heterocycles. The van der Waals surface area contributed by atoms with Crippen LogP contribution in [0.25, 0.3) is 0 Å². The summed E-state index contributed by atoms with van der Waals surface area (Å²) in [6.07, 6.45) is 0.586. The first-order chi connectivity index (χ1) is 8.06. The Balaban J connectivity index is 2.48. The Labute approximate surface area is 106 Å². The van der Waals surface area contributed by atoms with Gasteiger partial charge in [-0.25, -0.2) is 4.39 Å². The fourth-order valence-corrected chi connectivity index (χ4v) is 2.46. The third kappa shape index (κ3) is 1.98. The zero-order valence-corrected chi connectivity index (χ0v) is 10.5. The summed E-state index contributed by atoms with van der Waals surface area (Å²) >= 11 is 3.17. The Morgan fingerprint density at radius 2 is 2.06 bits per heavy atom. The number of rotatable bonds is 3. The lowest BCUT2D eigenvalue weighted by Crippen LogP contribution is -2.31. The number of hydrogen-bond acceptors (Lipinski definition) is 3. The molecule has 2 rings (SSSR count). The molecule has 2 N–H and O–H groups in total. The van der Waals surface area contributed by atoms with Crippen molar-refractivity contribution >= 4 is 33.3 Å². The third-order valence-corrected chi connectivity index (χ3v) is 3.17. The summed E-state index contributed by atoms with van der Waals surface area (Å²) in [4.78, 5) is 24.7. The van der Waals surface area contributed by atoms with Gasteiger partial charge in [0, 0.05) is 11.0 Å². The number of nitrogens with two attached hydrogens (primary N) is 1. The number of halogens is 2. The van der Waals surface area contributed by atoms with Gasteiger partial charge in [0.15, 0.2) is 0 Å². The molecule has 1 amide bonds. The van der Waals surface area contributed by atoms with Crippen molar-refractivity contribution in [1.82, 2.24) is 0 Å². The number of hydrogen-bond donors (Lipinski definition) is 1. The monoisotopic (exact) mass is 300 g/mol. The van der Waals surface area contributed by atoms with Crippen LogP contribution in [0.2, 0.25) is 0 Å². The third-order valence-electron chi connectivity index (χ3n) is 2.57. The summed E-state index contributed by atoms with van der Waals surface area (Å²) in [7, 11) is 0. The summed E-state index contributed by atoms with van der Waals surface area (Å²) in [5, 5.41) is 0. The molecular formula is C11H10BrFN2O2. The number of amides is 1. The van der Waals surface area contributed by atoms with E-state index in [1.807, 2.05) is 0 Å². The van der Waals surface area contributed by atoms with Crippen LogP contribution in [0.1, 0.15) is 16.8 Å². The molecule has 17 heavy (non-hydrogen) atoms. The van der Waals surface area contributed by atoms with Gasteiger partial charge in [-0.15, -0.1) is 0 Å². The van der Waals surface area contributed by atoms with Gasteiger partial charge in [-0.05, 0) is 41.0 Å². The number of fused-ring (bicyclic) bond motifs is 1. The molecule has 0 bridgehead atoms. The summed E-state index contributed by atoms with van der Waals surface area (Å²) in [5.74, 6) is -1.84. The molecule has 0 saturated carbocycles. The van der Waals surface area contributed by atoms with Crippen molar-refractivity contribution in [3.05, 3.63) is 28.0 Å². The molecule has 6 heteroatoms. The topological polar surface area (TPSA) is 63.4 Å². The van der Waals surface area contributed by atoms with E-state index in [2.05, 4.69) is 15.9 Å². The minimum Gasteiger partial charge on any atom is -0.330 e. The van der Waals surface area contributed by atoms with Gasteiger partial charge in [-0.2, -0.15) is 0 Å². The summed E-state index contributed by atoms with van der Waals surface area (Å²) in [5.41, 5.74) is 5.92. The van der Waals surface area contributed by atoms with Gasteiger partial charge in [0.2, 0.25) is 0 Å². The molecule has 1 aliphatic heterocycles. The molecule has 0 aliphatic carbocycles. The lowest BCUT2D eigenvalue weighted by molar-refractivity contribution is -0.114. The molecule has 0 unspecified atom stereocenters. The van der Waals surface area contributed by atoms with Crippen LogP contribution in [0, 0.1) is 5.82 Å². The summed E-state index contributed by atoms with van der Waals surface area (Å²) in [6, 6.07) is 2.32. The van der Waals surface area contributed by atoms with Crippen LogP contribution in [0.5, 0.6) is 0 Å². The normalized spacial score (nSPS) is 14.4. The fourth-order valence-electron chi connectivity index (χ4n) is 1.82. The van der Waals surface area contributed by atoms with Gasteiger partial charge in [0.1, 0.15) is 5.82 Å². The molecule has 0 saturated heterocycles. The number of ketones is 1. The van der Waals surface area contributed by atoms with Crippen molar-refractivity contribution in [2.45, 2.75) is 6.42 Å². The average Bonchev–Trinajstić information content (AvgIpc) is 2.51. The summed E-state index contributed by atoms with van der Waals surface area (Å²) in [6.45, 7) is 0.782. The highest BCUT2D eigenvalue weighted by atomic mass is 79.9. The molecule has 90 valence electrons. The van der Waals surface area contributed by atoms with Crippen LogP contribution in [0.3, 0.4) is 0 Å². The Bertz CT molecular complexity index is 504. The van der Waals surface area contributed by atoms with Gasteiger partial charge in [0.05, 0.1) is 11.3 Å². The smallest absolute Gasteiger partial charge is 0.299 e. The lowest BCUT2D eigenvalue weighted by Gasteiger charge is -2.17. The van der Waals surface area contributed by atoms with Gasteiger partial charge in [-0.3, -0.25) is 9.59 Å². The molecule has 0 aromatic heterocycles. The van der Waals surface area contributed by atoms with Crippen molar-refractivity contribution in [2.24, 2.45) is 5.73 Å². The van der Waals surface area contributed by atoms with E-state index in [4.69, 9.17) is 5.73 Å². The van der Waals surface area contributed by atoms with E-state index < -0.39 is 17.5 Å². The van der Waals surface area contributed by atoms with Crippen LogP contribution in [0.4, 0.5) is 10.1 Å². The number of carbonyl (C=O) groups is 2. The van der Waals surface area contributed by atoms with E-state index in [1.165, 1.54) is 11.0 Å². The predicted molar refractivity (Wildman–Crippen MR) is 64.5 cm³/mol. The summed E-state index contributed by atoms with van der Waals surface area (Å²) < 4.78 is 13.6. The highest BCUT2D eigenvalue weighted by Gasteiger charge is 2.37. The van der Waals surface area contributed by atoms with Gasteiger partial charge in [0.25, 0.3) is 11.7 Å². The van der Waals surface area contributed by atoms with E-state index in [1.54, 1.807) is 0 Å². The number of benzene rings is 1. The minimum absolute atomic E-state index is 0.110. The number of carbonyl (C=O) groups excluding carboxylic acids is 2. The average molecular weight is 301 g/mol. The standard InChI is InChI=1S/C11H10BrFN2O2/c12-8-5-6(13)4-7-9(8)15(3-1-2-14)11(17)10(7)16/h4-5H,1-3,14H2. The second kappa shape index (κ2) is 4.54. The fraction of sp³-hybridized carbons (Fsp3) is 0.273. The van der Waals surface area contributed by atoms with Gasteiger partial charge >= 0.3 is 0 Å². The van der Waals surface area contributed by atoms with Crippen LogP contribution < -0.4 is 10.6 Å². The molecule has 0 fully saturated rings. The minimum atomic E-state index is -0.669. The molecule has 1 aromatic rings. The first-order valence-corrected chi connectivity index (χ1v) is 5.91. The number of nitrogens with zero attached hydrogens (tertiary/aromatic N) is 1. The maximum absolute atomic E-state index is 13.2. The molecular weight excluding hydrogens is 291 g/mol. The Morgan fingerprint density at radius 1 is 1.35 bits per heavy atom. The molecule has 0 spiro atoms. The van der Waals surface area contributed by atoms with Crippen LogP contribution >= 0.6 is 15.9 Å². The maximum Gasteiger partial charge on any atom is 0.299 e. The zero-order valence-electron chi connectivity index (χ0n) is 8.87. The van der Waals surface area contributed by atoms with Crippen molar-refractivity contribution < 1.29 is 14.0 Å². The lowest BCUT2D eigenvalue weighted by atomic mass is 10.1. The molecule has 1 aromatic carbocycles. The molecule has 1 aliphatic rings. The van der Waals surface area contributed by atoms with Crippen molar-refractivity contribution in [3.8, 4) is 0 Å². The quantitative estimate of drug-likeness (QED) is 0.860. The van der Waals surface area contributed by atoms with E-state index >= 15 is 0 Å². The number of anilines is 1. The van der Waals surface area contributed by atoms with Gasteiger partial charge in [-0.1, -0.05) is 0 Å². The highest BCUT2D eigenvalue weighted by molar-refractivity contribution is 9.10. The molecule has 0 radical (unpaired) electrons. The van der Waals surface area contributed by atoms with Crippen LogP contribution in [-0.2, 0) is 4.79 Å². The SMILES string of the molecule is NCCCN1C(=O)C(=O)c2cc(F)cc(Br)c21. The second-order valence-electron chi connectivity index (χ2n) is 3.71. The van der Waals surface area contributed by atoms with Crippen LogP contribution in [0.15, 0.2) is 16.6 Å². The first kappa shape index (κ1) is 12.2. The van der Waals surface area contributed by atoms with E-state index in [-0.39, 0.29) is 5.56 Å². The van der Waals surface area contributed by atoms with E-state index in [9.17, 15) is 14.0 Å². The Hall–Kier alpha value is -1.27. The van der Waals surface area contributed by atoms with E-state index in [0.717, 1.165) is 6.07 Å². The zero-order chi connectivity index (χ0) is 12.6. The molecule has 4 nitrogen and oxygen atoms in total. The second-order valence-corrected chi connectivity index (χ2v) is 4.57. The number of Topliss-reactive ketones (excluding diaryl/α,β-unsaturated/α-hetero) is 1. The highest BCUT2D eigenvalue weighted by Crippen LogP contribution is 2.36. The van der Waals surface area contributed by atoms with Crippen molar-refractivity contribution in [1.29, 1.82) is 0 Å². The first-order valence-electron chi connectivity index (χ1n) is 5.11. The maximum atomic E-state index is 13.2.